The summed E-state index contributed by atoms with van der Waals surface area (Å²) in [6.07, 6.45) is 1.41. The number of rotatable bonds is 3. The van der Waals surface area contributed by atoms with Gasteiger partial charge in [0.05, 0.1) is 0 Å². The molecule has 0 amide bonds. The Morgan fingerprint density at radius 3 is 1.92 bits per heavy atom. The zero-order valence-corrected chi connectivity index (χ0v) is 9.52. The van der Waals surface area contributed by atoms with Crippen LogP contribution in [0, 0.1) is 29.1 Å². The van der Waals surface area contributed by atoms with Gasteiger partial charge in [-0.15, -0.1) is 0 Å². The first-order valence-corrected chi connectivity index (χ1v) is 5.39. The molecule has 1 rings (SSSR count). The molecule has 1 aliphatic rings. The van der Waals surface area contributed by atoms with E-state index in [1.54, 1.807) is 0 Å². The van der Waals surface area contributed by atoms with Crippen molar-refractivity contribution in [2.45, 2.75) is 48.0 Å². The highest BCUT2D eigenvalue weighted by Gasteiger charge is 2.58. The van der Waals surface area contributed by atoms with Gasteiger partial charge in [-0.1, -0.05) is 41.5 Å². The second-order valence-electron chi connectivity index (χ2n) is 5.66. The summed E-state index contributed by atoms with van der Waals surface area (Å²) in [5, 5.41) is 0. The van der Waals surface area contributed by atoms with Gasteiger partial charge in [0, 0.05) is 0 Å². The predicted octanol–water partition coefficient (Wildman–Crippen LogP) is 3.96. The summed E-state index contributed by atoms with van der Waals surface area (Å²) in [6.45, 7) is 14.3. The Morgan fingerprint density at radius 2 is 1.67 bits per heavy atom. The van der Waals surface area contributed by atoms with Crippen LogP contribution in [0.2, 0.25) is 0 Å². The van der Waals surface area contributed by atoms with Crippen LogP contribution in [0.4, 0.5) is 0 Å². The minimum atomic E-state index is 0.669. The van der Waals surface area contributed by atoms with Crippen LogP contribution in [0.3, 0.4) is 0 Å². The molecule has 0 heteroatoms. The molecular weight excluding hydrogens is 144 g/mol. The van der Waals surface area contributed by atoms with Crippen LogP contribution < -0.4 is 0 Å². The Hall–Kier alpha value is 0. The molecule has 1 aliphatic carbocycles. The van der Waals surface area contributed by atoms with Crippen LogP contribution in [0.5, 0.6) is 0 Å². The van der Waals surface area contributed by atoms with Crippen molar-refractivity contribution in [2.24, 2.45) is 29.1 Å². The van der Waals surface area contributed by atoms with Crippen molar-refractivity contribution in [3.8, 4) is 0 Å². The molecule has 0 N–H and O–H groups in total. The third-order valence-electron chi connectivity index (χ3n) is 3.80. The second-order valence-corrected chi connectivity index (χ2v) is 5.66. The topological polar surface area (TPSA) is 0 Å². The van der Waals surface area contributed by atoms with Gasteiger partial charge in [0.1, 0.15) is 0 Å². The molecule has 0 aliphatic heterocycles. The molecule has 1 fully saturated rings. The highest BCUT2D eigenvalue weighted by Crippen LogP contribution is 2.64. The van der Waals surface area contributed by atoms with Gasteiger partial charge in [-0.2, -0.15) is 0 Å². The molecule has 3 unspecified atom stereocenters. The fourth-order valence-electron chi connectivity index (χ4n) is 3.38. The van der Waals surface area contributed by atoms with Gasteiger partial charge in [0.2, 0.25) is 0 Å². The smallest absolute Gasteiger partial charge is 0.0261 e. The van der Waals surface area contributed by atoms with Crippen molar-refractivity contribution in [1.82, 2.24) is 0 Å². The van der Waals surface area contributed by atoms with Crippen LogP contribution in [0.1, 0.15) is 48.0 Å². The van der Waals surface area contributed by atoms with Crippen LogP contribution in [-0.4, -0.2) is 0 Å². The molecule has 0 aromatic carbocycles. The van der Waals surface area contributed by atoms with E-state index in [9.17, 15) is 0 Å². The lowest BCUT2D eigenvalue weighted by atomic mass is 9.90. The third-order valence-corrected chi connectivity index (χ3v) is 3.80. The average molecular weight is 168 g/mol. The van der Waals surface area contributed by atoms with Crippen molar-refractivity contribution in [1.29, 1.82) is 0 Å². The highest BCUT2D eigenvalue weighted by atomic mass is 14.6. The molecule has 1 saturated carbocycles. The van der Waals surface area contributed by atoms with E-state index in [-0.39, 0.29) is 0 Å². The van der Waals surface area contributed by atoms with Gasteiger partial charge in [-0.3, -0.25) is 0 Å². The van der Waals surface area contributed by atoms with Gasteiger partial charge < -0.3 is 0 Å². The number of hydrogen-bond donors (Lipinski definition) is 0. The van der Waals surface area contributed by atoms with E-state index in [2.05, 4.69) is 41.5 Å². The maximum atomic E-state index is 2.47. The van der Waals surface area contributed by atoms with Crippen molar-refractivity contribution in [3.63, 3.8) is 0 Å². The lowest BCUT2D eigenvalue weighted by molar-refractivity contribution is 0.345. The molecule has 3 atom stereocenters. The van der Waals surface area contributed by atoms with E-state index in [0.717, 1.165) is 23.7 Å². The summed E-state index contributed by atoms with van der Waals surface area (Å²) < 4.78 is 0. The Morgan fingerprint density at radius 1 is 1.17 bits per heavy atom. The summed E-state index contributed by atoms with van der Waals surface area (Å²) >= 11 is 0. The first kappa shape index (κ1) is 10.1. The van der Waals surface area contributed by atoms with Gasteiger partial charge in [0.25, 0.3) is 0 Å². The molecule has 0 nitrogen and oxygen atoms in total. The Balaban J connectivity index is 2.53. The molecule has 0 bridgehead atoms. The van der Waals surface area contributed by atoms with Crippen LogP contribution >= 0.6 is 0 Å². The Bertz CT molecular complexity index is 157. The van der Waals surface area contributed by atoms with Gasteiger partial charge in [0.15, 0.2) is 0 Å². The maximum Gasteiger partial charge on any atom is -0.0261 e. The monoisotopic (exact) mass is 168 g/mol. The van der Waals surface area contributed by atoms with E-state index in [4.69, 9.17) is 0 Å². The molecule has 0 radical (unpaired) electrons. The zero-order valence-electron chi connectivity index (χ0n) is 9.52. The van der Waals surface area contributed by atoms with Crippen LogP contribution in [0.25, 0.3) is 0 Å². The van der Waals surface area contributed by atoms with E-state index >= 15 is 0 Å². The van der Waals surface area contributed by atoms with Crippen LogP contribution in [0.15, 0.2) is 0 Å². The van der Waals surface area contributed by atoms with Gasteiger partial charge in [-0.05, 0) is 35.5 Å². The van der Waals surface area contributed by atoms with E-state index < -0.39 is 0 Å². The highest BCUT2D eigenvalue weighted by molar-refractivity contribution is 5.06. The molecule has 0 heterocycles. The zero-order chi connectivity index (χ0) is 9.52. The molecule has 12 heavy (non-hydrogen) atoms. The normalized spacial score (nSPS) is 41.0. The fourth-order valence-corrected chi connectivity index (χ4v) is 3.38. The van der Waals surface area contributed by atoms with Crippen LogP contribution in [-0.2, 0) is 0 Å². The predicted molar refractivity (Wildman–Crippen MR) is 55.1 cm³/mol. The van der Waals surface area contributed by atoms with E-state index in [1.165, 1.54) is 6.42 Å². The SMILES string of the molecule is CC(C)CC1(C)C(C)C1C(C)C. The first-order chi connectivity index (χ1) is 5.39. The summed E-state index contributed by atoms with van der Waals surface area (Å²) in [5.41, 5.74) is 0.669. The minimum Gasteiger partial charge on any atom is -0.0628 e. The van der Waals surface area contributed by atoms with Crippen molar-refractivity contribution < 1.29 is 0 Å². The van der Waals surface area contributed by atoms with Crippen molar-refractivity contribution >= 4 is 0 Å². The van der Waals surface area contributed by atoms with E-state index in [0.29, 0.717) is 5.41 Å². The quantitative estimate of drug-likeness (QED) is 0.598. The Labute approximate surface area is 77.7 Å². The lowest BCUT2D eigenvalue weighted by Crippen LogP contribution is -2.06. The molecule has 0 aromatic heterocycles. The third kappa shape index (κ3) is 1.53. The molecule has 72 valence electrons. The molecule has 0 spiro atoms. The average Bonchev–Trinajstić information content (AvgIpc) is 2.32. The maximum absolute atomic E-state index is 2.47. The minimum absolute atomic E-state index is 0.669. The molecule has 0 saturated heterocycles. The van der Waals surface area contributed by atoms with E-state index in [1.807, 2.05) is 0 Å². The summed E-state index contributed by atoms with van der Waals surface area (Å²) in [5.74, 6) is 3.68. The van der Waals surface area contributed by atoms with Gasteiger partial charge in [-0.25, -0.2) is 0 Å². The van der Waals surface area contributed by atoms with Gasteiger partial charge >= 0.3 is 0 Å². The van der Waals surface area contributed by atoms with Crippen molar-refractivity contribution in [2.75, 3.05) is 0 Å². The van der Waals surface area contributed by atoms with Crippen molar-refractivity contribution in [3.05, 3.63) is 0 Å². The molecular formula is C12H24. The largest absolute Gasteiger partial charge is 0.0628 e. The molecule has 0 aromatic rings. The standard InChI is InChI=1S/C12H24/c1-8(2)7-12(6)10(5)11(12)9(3)4/h8-11H,7H2,1-6H3. The summed E-state index contributed by atoms with van der Waals surface area (Å²) in [6, 6.07) is 0. The second kappa shape index (κ2) is 3.05. The number of hydrogen-bond acceptors (Lipinski definition) is 0. The summed E-state index contributed by atoms with van der Waals surface area (Å²) in [7, 11) is 0. The Kier molecular flexibility index (Phi) is 2.56. The lowest BCUT2D eigenvalue weighted by Gasteiger charge is -2.15. The first-order valence-electron chi connectivity index (χ1n) is 5.39. The summed E-state index contributed by atoms with van der Waals surface area (Å²) in [4.78, 5) is 0. The fraction of sp³-hybridized carbons (Fsp3) is 1.00.